The van der Waals surface area contributed by atoms with E-state index in [0.717, 1.165) is 12.2 Å². The van der Waals surface area contributed by atoms with E-state index < -0.39 is 8.07 Å². The average Bonchev–Trinajstić information content (AvgIpc) is 2.40. The summed E-state index contributed by atoms with van der Waals surface area (Å²) >= 11 is 1.69. The molecule has 0 aromatic rings. The Bertz CT molecular complexity index is 291. The second-order valence-corrected chi connectivity index (χ2v) is 11.7. The fourth-order valence-electron chi connectivity index (χ4n) is 1.63. The Morgan fingerprint density at radius 3 is 2.50 bits per heavy atom. The fraction of sp³-hybridized carbons (Fsp3) is 0.800. The molecular formula is C10H20N2O2SSi. The number of carbonyl (C=O) groups excluding carboxylic acids is 2. The highest BCUT2D eigenvalue weighted by Crippen LogP contribution is 2.14. The lowest BCUT2D eigenvalue weighted by Gasteiger charge is -2.22. The molecule has 1 aliphatic heterocycles. The Balaban J connectivity index is 2.61. The van der Waals surface area contributed by atoms with Crippen LogP contribution in [0.1, 0.15) is 6.42 Å². The summed E-state index contributed by atoms with van der Waals surface area (Å²) < 4.78 is 0. The van der Waals surface area contributed by atoms with Crippen molar-refractivity contribution in [1.29, 1.82) is 0 Å². The van der Waals surface area contributed by atoms with Crippen LogP contribution < -0.4 is 5.32 Å². The molecule has 0 saturated carbocycles. The standard InChI is InChI=1S/C10H20N2O2SSi/c1-15-6-5-8-9(13)12(10(14)11-8)7-16(2,3)4/h8H,5-7H2,1-4H3,(H,11,14)/t8-/m1/s1. The molecule has 92 valence electrons. The summed E-state index contributed by atoms with van der Waals surface area (Å²) in [5.41, 5.74) is 0. The van der Waals surface area contributed by atoms with Crippen molar-refractivity contribution in [3.05, 3.63) is 0 Å². The van der Waals surface area contributed by atoms with Crippen molar-refractivity contribution in [2.24, 2.45) is 0 Å². The maximum Gasteiger partial charge on any atom is 0.324 e. The van der Waals surface area contributed by atoms with E-state index in [9.17, 15) is 9.59 Å². The predicted molar refractivity (Wildman–Crippen MR) is 70.4 cm³/mol. The first-order valence-corrected chi connectivity index (χ1v) is 10.6. The van der Waals surface area contributed by atoms with Crippen LogP contribution >= 0.6 is 11.8 Å². The van der Waals surface area contributed by atoms with Crippen molar-refractivity contribution in [2.45, 2.75) is 32.1 Å². The summed E-state index contributed by atoms with van der Waals surface area (Å²) in [6.45, 7) is 6.47. The average molecular weight is 260 g/mol. The molecule has 3 amide bonds. The molecule has 0 aromatic carbocycles. The Hall–Kier alpha value is -0.493. The molecule has 0 spiro atoms. The fourth-order valence-corrected chi connectivity index (χ4v) is 3.35. The van der Waals surface area contributed by atoms with Crippen molar-refractivity contribution in [3.8, 4) is 0 Å². The second-order valence-electron chi connectivity index (χ2n) is 5.27. The van der Waals surface area contributed by atoms with Crippen LogP contribution in [0.2, 0.25) is 19.6 Å². The van der Waals surface area contributed by atoms with Crippen LogP contribution in [0, 0.1) is 0 Å². The van der Waals surface area contributed by atoms with Crippen LogP contribution in [-0.2, 0) is 4.79 Å². The Labute approximate surface area is 102 Å². The lowest BCUT2D eigenvalue weighted by atomic mass is 10.2. The molecule has 0 aromatic heterocycles. The van der Waals surface area contributed by atoms with Crippen molar-refractivity contribution in [1.82, 2.24) is 10.2 Å². The molecule has 1 fully saturated rings. The van der Waals surface area contributed by atoms with E-state index in [1.165, 1.54) is 4.90 Å². The molecule has 0 bridgehead atoms. The monoisotopic (exact) mass is 260 g/mol. The van der Waals surface area contributed by atoms with Crippen LogP contribution in [-0.4, -0.2) is 49.1 Å². The number of thioether (sulfide) groups is 1. The molecule has 1 aliphatic rings. The van der Waals surface area contributed by atoms with E-state index in [0.29, 0.717) is 6.17 Å². The highest BCUT2D eigenvalue weighted by molar-refractivity contribution is 7.98. The zero-order valence-corrected chi connectivity index (χ0v) is 12.2. The number of amides is 3. The Morgan fingerprint density at radius 2 is 2.00 bits per heavy atom. The van der Waals surface area contributed by atoms with Gasteiger partial charge in [-0.15, -0.1) is 0 Å². The summed E-state index contributed by atoms with van der Waals surface area (Å²) in [6.07, 6.45) is 3.35. The smallest absolute Gasteiger partial charge is 0.324 e. The maximum absolute atomic E-state index is 12.0. The van der Waals surface area contributed by atoms with Gasteiger partial charge in [0.15, 0.2) is 0 Å². The van der Waals surface area contributed by atoms with E-state index in [4.69, 9.17) is 0 Å². The third-order valence-corrected chi connectivity index (χ3v) is 4.26. The van der Waals surface area contributed by atoms with Crippen molar-refractivity contribution < 1.29 is 9.59 Å². The predicted octanol–water partition coefficient (Wildman–Crippen LogP) is 1.54. The van der Waals surface area contributed by atoms with Crippen LogP contribution in [0.4, 0.5) is 4.79 Å². The van der Waals surface area contributed by atoms with Gasteiger partial charge in [-0.25, -0.2) is 4.79 Å². The van der Waals surface area contributed by atoms with Crippen LogP contribution in [0.25, 0.3) is 0 Å². The molecule has 1 saturated heterocycles. The quantitative estimate of drug-likeness (QED) is 0.602. The third kappa shape index (κ3) is 3.52. The molecule has 0 radical (unpaired) electrons. The summed E-state index contributed by atoms with van der Waals surface area (Å²) in [7, 11) is -1.43. The van der Waals surface area contributed by atoms with Gasteiger partial charge in [0.2, 0.25) is 0 Å². The van der Waals surface area contributed by atoms with Gasteiger partial charge in [0.25, 0.3) is 5.91 Å². The summed E-state index contributed by atoms with van der Waals surface area (Å²) in [5, 5.41) is 2.76. The normalized spacial score (nSPS) is 21.5. The number of nitrogens with zero attached hydrogens (tertiary/aromatic N) is 1. The number of hydrogen-bond acceptors (Lipinski definition) is 3. The first-order chi connectivity index (χ1) is 7.35. The van der Waals surface area contributed by atoms with Crippen molar-refractivity contribution >= 4 is 31.8 Å². The number of carbonyl (C=O) groups is 2. The van der Waals surface area contributed by atoms with Gasteiger partial charge in [0.1, 0.15) is 6.04 Å². The Morgan fingerprint density at radius 1 is 1.38 bits per heavy atom. The van der Waals surface area contributed by atoms with Gasteiger partial charge in [0.05, 0.1) is 8.07 Å². The second kappa shape index (κ2) is 5.22. The van der Waals surface area contributed by atoms with E-state index in [-0.39, 0.29) is 18.0 Å². The van der Waals surface area contributed by atoms with E-state index >= 15 is 0 Å². The van der Waals surface area contributed by atoms with Crippen LogP contribution in [0.5, 0.6) is 0 Å². The lowest BCUT2D eigenvalue weighted by molar-refractivity contribution is -0.126. The van der Waals surface area contributed by atoms with Gasteiger partial charge in [-0.3, -0.25) is 9.69 Å². The van der Waals surface area contributed by atoms with Gasteiger partial charge in [-0.05, 0) is 18.4 Å². The number of urea groups is 1. The van der Waals surface area contributed by atoms with Crippen LogP contribution in [0.3, 0.4) is 0 Å². The molecular weight excluding hydrogens is 240 g/mol. The molecule has 0 unspecified atom stereocenters. The first kappa shape index (κ1) is 13.6. The molecule has 1 atom stereocenters. The largest absolute Gasteiger partial charge is 0.326 e. The highest BCUT2D eigenvalue weighted by Gasteiger charge is 2.39. The minimum absolute atomic E-state index is 0.0403. The molecule has 1 N–H and O–H groups in total. The van der Waals surface area contributed by atoms with Gasteiger partial charge < -0.3 is 5.32 Å². The molecule has 6 heteroatoms. The number of imide groups is 1. The van der Waals surface area contributed by atoms with Gasteiger partial charge in [-0.2, -0.15) is 11.8 Å². The topological polar surface area (TPSA) is 49.4 Å². The number of rotatable bonds is 5. The lowest BCUT2D eigenvalue weighted by Crippen LogP contribution is -2.44. The van der Waals surface area contributed by atoms with Crippen molar-refractivity contribution in [3.63, 3.8) is 0 Å². The van der Waals surface area contributed by atoms with Gasteiger partial charge in [-0.1, -0.05) is 19.6 Å². The molecule has 1 rings (SSSR count). The van der Waals surface area contributed by atoms with E-state index in [1.54, 1.807) is 11.8 Å². The van der Waals surface area contributed by atoms with Crippen LogP contribution in [0.15, 0.2) is 0 Å². The Kier molecular flexibility index (Phi) is 4.43. The molecule has 0 aliphatic carbocycles. The van der Waals surface area contributed by atoms with E-state index in [2.05, 4.69) is 25.0 Å². The van der Waals surface area contributed by atoms with Gasteiger partial charge in [0, 0.05) is 6.17 Å². The summed E-state index contributed by atoms with van der Waals surface area (Å²) in [6, 6.07) is -0.505. The highest BCUT2D eigenvalue weighted by atomic mass is 32.2. The zero-order chi connectivity index (χ0) is 12.3. The zero-order valence-electron chi connectivity index (χ0n) is 10.4. The molecule has 16 heavy (non-hydrogen) atoms. The van der Waals surface area contributed by atoms with Gasteiger partial charge >= 0.3 is 6.03 Å². The number of hydrogen-bond donors (Lipinski definition) is 1. The first-order valence-electron chi connectivity index (χ1n) is 5.46. The summed E-state index contributed by atoms with van der Waals surface area (Å²) in [4.78, 5) is 25.0. The minimum atomic E-state index is -1.43. The van der Waals surface area contributed by atoms with E-state index in [1.807, 2.05) is 6.26 Å². The minimum Gasteiger partial charge on any atom is -0.326 e. The SMILES string of the molecule is CSCC[C@H]1NC(=O)N(C[Si](C)(C)C)C1=O. The molecule has 1 heterocycles. The van der Waals surface area contributed by atoms with Crippen molar-refractivity contribution in [2.75, 3.05) is 18.2 Å². The maximum atomic E-state index is 12.0. The number of nitrogens with one attached hydrogen (secondary N) is 1. The molecule has 4 nitrogen and oxygen atoms in total. The summed E-state index contributed by atoms with van der Waals surface area (Å²) in [5.74, 6) is 0.860. The third-order valence-electron chi connectivity index (χ3n) is 2.35.